The van der Waals surface area contributed by atoms with Crippen LogP contribution in [-0.4, -0.2) is 21.7 Å². The molecule has 0 saturated heterocycles. The van der Waals surface area contributed by atoms with Gasteiger partial charge in [0.2, 0.25) is 5.82 Å². The van der Waals surface area contributed by atoms with Crippen molar-refractivity contribution in [3.8, 4) is 11.5 Å². The molecule has 0 aliphatic carbocycles. The van der Waals surface area contributed by atoms with Gasteiger partial charge in [-0.1, -0.05) is 12.1 Å². The Morgan fingerprint density at radius 3 is 2.94 bits per heavy atom. The molecule has 0 spiro atoms. The highest BCUT2D eigenvalue weighted by atomic mass is 16.5. The first-order valence-corrected chi connectivity index (χ1v) is 5.91. The average molecular weight is 248 g/mol. The highest BCUT2D eigenvalue weighted by molar-refractivity contribution is 5.56. The first-order valence-electron chi connectivity index (χ1n) is 5.91. The summed E-state index contributed by atoms with van der Waals surface area (Å²) in [7, 11) is 0. The molecule has 0 amide bonds. The summed E-state index contributed by atoms with van der Waals surface area (Å²) in [5, 5.41) is 3.94. The molecule has 96 valence electrons. The maximum absolute atomic E-state index is 5.61. The predicted octanol–water partition coefficient (Wildman–Crippen LogP) is 2.20. The number of hydrogen-bond donors (Lipinski definition) is 1. The first kappa shape index (κ1) is 12.5. The summed E-state index contributed by atoms with van der Waals surface area (Å²) in [5.74, 6) is 1.41. The largest absolute Gasteiger partial charge is 0.384 e. The second-order valence-corrected chi connectivity index (χ2v) is 3.78. The van der Waals surface area contributed by atoms with E-state index in [4.69, 9.17) is 15.0 Å². The quantitative estimate of drug-likeness (QED) is 0.872. The summed E-state index contributed by atoms with van der Waals surface area (Å²) < 4.78 is 10.7. The molecule has 2 N–H and O–H groups in total. The van der Waals surface area contributed by atoms with Gasteiger partial charge < -0.3 is 15.0 Å². The van der Waals surface area contributed by atoms with Gasteiger partial charge in [-0.25, -0.2) is 4.98 Å². The van der Waals surface area contributed by atoms with Gasteiger partial charge in [0.15, 0.2) is 0 Å². The molecule has 1 atom stereocenters. The molecule has 18 heavy (non-hydrogen) atoms. The second-order valence-electron chi connectivity index (χ2n) is 3.78. The zero-order valence-corrected chi connectivity index (χ0v) is 10.5. The molecular weight excluding hydrogens is 232 g/mol. The molecule has 6 heteroatoms. The Hall–Kier alpha value is -1.95. The number of anilines is 1. The lowest BCUT2D eigenvalue weighted by atomic mass is 10.2. The fourth-order valence-electron chi connectivity index (χ4n) is 1.64. The van der Waals surface area contributed by atoms with Crippen LogP contribution in [0.3, 0.4) is 0 Å². The van der Waals surface area contributed by atoms with Crippen molar-refractivity contribution in [3.63, 3.8) is 0 Å². The van der Waals surface area contributed by atoms with E-state index in [9.17, 15) is 0 Å². The zero-order chi connectivity index (χ0) is 13.0. The molecule has 0 bridgehead atoms. The summed E-state index contributed by atoms with van der Waals surface area (Å²) in [6.07, 6.45) is 2.27. The van der Waals surface area contributed by atoms with Crippen LogP contribution in [0.5, 0.6) is 0 Å². The molecule has 1 unspecified atom stereocenters. The monoisotopic (exact) mass is 248 g/mol. The molecule has 0 fully saturated rings. The lowest BCUT2D eigenvalue weighted by Crippen LogP contribution is -2.04. The molecule has 0 aliphatic rings. The van der Waals surface area contributed by atoms with Crippen LogP contribution in [0.25, 0.3) is 11.5 Å². The van der Waals surface area contributed by atoms with Crippen LogP contribution in [0.15, 0.2) is 22.9 Å². The summed E-state index contributed by atoms with van der Waals surface area (Å²) >= 11 is 0. The molecule has 0 aliphatic heterocycles. The van der Waals surface area contributed by atoms with Crippen molar-refractivity contribution >= 4 is 5.82 Å². The van der Waals surface area contributed by atoms with E-state index in [2.05, 4.69) is 15.1 Å². The van der Waals surface area contributed by atoms with E-state index in [1.807, 2.05) is 13.8 Å². The van der Waals surface area contributed by atoms with Gasteiger partial charge in [0.05, 0.1) is 0 Å². The molecule has 2 rings (SSSR count). The van der Waals surface area contributed by atoms with Gasteiger partial charge >= 0.3 is 0 Å². The van der Waals surface area contributed by atoms with Crippen LogP contribution in [-0.2, 0) is 4.74 Å². The minimum absolute atomic E-state index is 0.133. The third kappa shape index (κ3) is 2.65. The number of pyridine rings is 1. The van der Waals surface area contributed by atoms with Crippen LogP contribution in [0, 0.1) is 0 Å². The summed E-state index contributed by atoms with van der Waals surface area (Å²) in [5.41, 5.74) is 6.37. The zero-order valence-electron chi connectivity index (χ0n) is 10.5. The third-order valence-electron chi connectivity index (χ3n) is 2.50. The maximum atomic E-state index is 5.61. The van der Waals surface area contributed by atoms with E-state index in [0.717, 1.165) is 12.0 Å². The number of aromatic nitrogens is 3. The van der Waals surface area contributed by atoms with Gasteiger partial charge in [0.1, 0.15) is 11.9 Å². The van der Waals surface area contributed by atoms with E-state index in [-0.39, 0.29) is 6.10 Å². The fourth-order valence-corrected chi connectivity index (χ4v) is 1.64. The Balaban J connectivity index is 2.24. The molecular formula is C12H16N4O2. The molecule has 2 heterocycles. The summed E-state index contributed by atoms with van der Waals surface area (Å²) in [6, 6.07) is 3.47. The van der Waals surface area contributed by atoms with E-state index in [1.165, 1.54) is 0 Å². The Kier molecular flexibility index (Phi) is 3.88. The van der Waals surface area contributed by atoms with E-state index in [0.29, 0.717) is 24.1 Å². The Morgan fingerprint density at radius 1 is 1.44 bits per heavy atom. The molecule has 2 aromatic heterocycles. The van der Waals surface area contributed by atoms with Crippen molar-refractivity contribution in [1.82, 2.24) is 15.1 Å². The topological polar surface area (TPSA) is 87.1 Å². The van der Waals surface area contributed by atoms with Gasteiger partial charge in [-0.3, -0.25) is 0 Å². The Bertz CT molecular complexity index is 512. The van der Waals surface area contributed by atoms with Crippen LogP contribution in [0.4, 0.5) is 5.82 Å². The van der Waals surface area contributed by atoms with Crippen molar-refractivity contribution in [2.45, 2.75) is 26.4 Å². The Morgan fingerprint density at radius 2 is 2.28 bits per heavy atom. The van der Waals surface area contributed by atoms with Gasteiger partial charge in [-0.2, -0.15) is 4.98 Å². The third-order valence-corrected chi connectivity index (χ3v) is 2.50. The van der Waals surface area contributed by atoms with Crippen LogP contribution in [0.1, 0.15) is 32.2 Å². The van der Waals surface area contributed by atoms with Crippen molar-refractivity contribution in [2.24, 2.45) is 0 Å². The van der Waals surface area contributed by atoms with Crippen LogP contribution < -0.4 is 5.73 Å². The molecule has 6 nitrogen and oxygen atoms in total. The normalized spacial score (nSPS) is 12.6. The first-order chi connectivity index (χ1) is 8.74. The number of hydrogen-bond acceptors (Lipinski definition) is 6. The molecule has 2 aromatic rings. The van der Waals surface area contributed by atoms with E-state index in [1.54, 1.807) is 18.3 Å². The predicted molar refractivity (Wildman–Crippen MR) is 66.6 cm³/mol. The SMILES string of the molecule is CCOC(CC)c1noc(-c2ccnc(N)c2)n1. The summed E-state index contributed by atoms with van der Waals surface area (Å²) in [6.45, 7) is 4.57. The van der Waals surface area contributed by atoms with Crippen molar-refractivity contribution in [3.05, 3.63) is 24.2 Å². The number of nitrogen functional groups attached to an aromatic ring is 1. The molecule has 0 saturated carbocycles. The average Bonchev–Trinajstić information content (AvgIpc) is 2.85. The number of nitrogens with zero attached hydrogens (tertiary/aromatic N) is 3. The fraction of sp³-hybridized carbons (Fsp3) is 0.417. The highest BCUT2D eigenvalue weighted by Gasteiger charge is 2.17. The smallest absolute Gasteiger partial charge is 0.258 e. The molecule has 0 aromatic carbocycles. The minimum atomic E-state index is -0.133. The highest BCUT2D eigenvalue weighted by Crippen LogP contribution is 2.23. The standard InChI is InChI=1S/C12H16N4O2/c1-3-9(17-4-2)11-15-12(18-16-11)8-5-6-14-10(13)7-8/h5-7,9H,3-4H2,1-2H3,(H2,13,14). The van der Waals surface area contributed by atoms with Gasteiger partial charge in [0, 0.05) is 18.4 Å². The molecule has 0 radical (unpaired) electrons. The van der Waals surface area contributed by atoms with Crippen molar-refractivity contribution < 1.29 is 9.26 Å². The second kappa shape index (κ2) is 5.59. The van der Waals surface area contributed by atoms with E-state index >= 15 is 0 Å². The lowest BCUT2D eigenvalue weighted by molar-refractivity contribution is 0.0518. The van der Waals surface area contributed by atoms with Gasteiger partial charge in [-0.15, -0.1) is 0 Å². The lowest BCUT2D eigenvalue weighted by Gasteiger charge is -2.09. The number of nitrogens with two attached hydrogens (primary N) is 1. The van der Waals surface area contributed by atoms with E-state index < -0.39 is 0 Å². The van der Waals surface area contributed by atoms with Crippen molar-refractivity contribution in [1.29, 1.82) is 0 Å². The Labute approximate surface area is 105 Å². The van der Waals surface area contributed by atoms with Gasteiger partial charge in [-0.05, 0) is 25.5 Å². The number of rotatable bonds is 5. The van der Waals surface area contributed by atoms with Gasteiger partial charge in [0.25, 0.3) is 5.89 Å². The summed E-state index contributed by atoms with van der Waals surface area (Å²) in [4.78, 5) is 8.24. The number of ether oxygens (including phenoxy) is 1. The minimum Gasteiger partial charge on any atom is -0.384 e. The van der Waals surface area contributed by atoms with Crippen LogP contribution in [0.2, 0.25) is 0 Å². The van der Waals surface area contributed by atoms with Crippen molar-refractivity contribution in [2.75, 3.05) is 12.3 Å². The van der Waals surface area contributed by atoms with Crippen LogP contribution >= 0.6 is 0 Å². The maximum Gasteiger partial charge on any atom is 0.258 e.